The lowest BCUT2D eigenvalue weighted by Gasteiger charge is -2.17. The lowest BCUT2D eigenvalue weighted by atomic mass is 10.0. The van der Waals surface area contributed by atoms with Crippen LogP contribution in [0, 0.1) is 0 Å². The summed E-state index contributed by atoms with van der Waals surface area (Å²) in [7, 11) is 0. The highest BCUT2D eigenvalue weighted by molar-refractivity contribution is 6.31. The fourth-order valence-electron chi connectivity index (χ4n) is 2.64. The van der Waals surface area contributed by atoms with E-state index in [-0.39, 0.29) is 17.7 Å². The Morgan fingerprint density at radius 3 is 1.87 bits per heavy atom. The monoisotopic (exact) mass is 441 g/mol. The maximum atomic E-state index is 13.0. The Labute approximate surface area is 183 Å². The van der Waals surface area contributed by atoms with Crippen molar-refractivity contribution in [2.45, 2.75) is 12.6 Å². The summed E-state index contributed by atoms with van der Waals surface area (Å²) in [4.78, 5) is 38.3. The number of Topliss-reactive ketones (excluding diaryl/α,β-unsaturated/α-hetero) is 1. The van der Waals surface area contributed by atoms with Crippen LogP contribution in [0.15, 0.2) is 78.9 Å². The van der Waals surface area contributed by atoms with Gasteiger partial charge in [-0.15, -0.1) is 0 Å². The van der Waals surface area contributed by atoms with Crippen LogP contribution in [-0.2, 0) is 16.1 Å². The number of carbonyl (C=O) groups excluding carboxylic acids is 3. The third-order valence-corrected chi connectivity index (χ3v) is 4.74. The standard InChI is InChI=1S/C23H17Cl2NO4/c24-18-10-6-16(7-11-18)21(27)20(23(29)30-14-15-4-2-1-3-5-15)26-22(28)17-8-12-19(25)13-9-17/h1-13,20H,14H2,(H,26,28). The molecule has 0 spiro atoms. The van der Waals surface area contributed by atoms with E-state index in [1.807, 2.05) is 18.2 Å². The molecule has 152 valence electrons. The minimum Gasteiger partial charge on any atom is -0.459 e. The zero-order valence-corrected chi connectivity index (χ0v) is 17.2. The molecule has 0 fully saturated rings. The van der Waals surface area contributed by atoms with Gasteiger partial charge in [0.15, 0.2) is 11.8 Å². The van der Waals surface area contributed by atoms with Gasteiger partial charge in [0.1, 0.15) is 6.61 Å². The van der Waals surface area contributed by atoms with Crippen molar-refractivity contribution in [2.75, 3.05) is 0 Å². The van der Waals surface area contributed by atoms with Crippen molar-refractivity contribution in [3.8, 4) is 0 Å². The number of rotatable bonds is 7. The maximum absolute atomic E-state index is 13.0. The van der Waals surface area contributed by atoms with E-state index in [9.17, 15) is 14.4 Å². The third-order valence-electron chi connectivity index (χ3n) is 4.23. The molecular weight excluding hydrogens is 425 g/mol. The van der Waals surface area contributed by atoms with Crippen LogP contribution in [0.2, 0.25) is 10.0 Å². The number of ketones is 1. The van der Waals surface area contributed by atoms with Gasteiger partial charge < -0.3 is 10.1 Å². The van der Waals surface area contributed by atoms with Crippen molar-refractivity contribution >= 4 is 40.9 Å². The molecule has 0 saturated carbocycles. The van der Waals surface area contributed by atoms with Gasteiger partial charge in [0.25, 0.3) is 5.91 Å². The van der Waals surface area contributed by atoms with Gasteiger partial charge in [-0.2, -0.15) is 0 Å². The minimum atomic E-state index is -1.52. The van der Waals surface area contributed by atoms with E-state index in [1.54, 1.807) is 24.3 Å². The molecular formula is C23H17Cl2NO4. The number of nitrogens with one attached hydrogen (secondary N) is 1. The predicted molar refractivity (Wildman–Crippen MR) is 115 cm³/mol. The fourth-order valence-corrected chi connectivity index (χ4v) is 2.89. The van der Waals surface area contributed by atoms with E-state index in [0.717, 1.165) is 5.56 Å². The van der Waals surface area contributed by atoms with Crippen LogP contribution in [0.1, 0.15) is 26.3 Å². The van der Waals surface area contributed by atoms with E-state index in [0.29, 0.717) is 10.0 Å². The van der Waals surface area contributed by atoms with Gasteiger partial charge in [-0.3, -0.25) is 9.59 Å². The molecule has 0 aliphatic carbocycles. The quantitative estimate of drug-likeness (QED) is 0.327. The highest BCUT2D eigenvalue weighted by Crippen LogP contribution is 2.14. The molecule has 0 aliphatic rings. The fraction of sp³-hybridized carbons (Fsp3) is 0.0870. The molecule has 1 N–H and O–H groups in total. The Kier molecular flexibility index (Phi) is 7.22. The summed E-state index contributed by atoms with van der Waals surface area (Å²) < 4.78 is 5.29. The first-order valence-electron chi connectivity index (χ1n) is 9.01. The number of hydrogen-bond donors (Lipinski definition) is 1. The van der Waals surface area contributed by atoms with Gasteiger partial charge >= 0.3 is 5.97 Å². The number of benzene rings is 3. The Morgan fingerprint density at radius 2 is 1.30 bits per heavy atom. The van der Waals surface area contributed by atoms with Gasteiger partial charge in [0.2, 0.25) is 0 Å². The molecule has 7 heteroatoms. The van der Waals surface area contributed by atoms with Crippen molar-refractivity contribution in [2.24, 2.45) is 0 Å². The van der Waals surface area contributed by atoms with E-state index in [1.165, 1.54) is 36.4 Å². The first-order valence-corrected chi connectivity index (χ1v) is 9.76. The van der Waals surface area contributed by atoms with Crippen LogP contribution in [0.3, 0.4) is 0 Å². The molecule has 3 aromatic carbocycles. The molecule has 30 heavy (non-hydrogen) atoms. The molecule has 0 bridgehead atoms. The molecule has 3 aromatic rings. The summed E-state index contributed by atoms with van der Waals surface area (Å²) in [6.45, 7) is -0.0269. The second-order valence-electron chi connectivity index (χ2n) is 6.38. The van der Waals surface area contributed by atoms with E-state index < -0.39 is 23.7 Å². The third kappa shape index (κ3) is 5.69. The average Bonchev–Trinajstić information content (AvgIpc) is 2.77. The van der Waals surface area contributed by atoms with Crippen LogP contribution in [-0.4, -0.2) is 23.7 Å². The molecule has 1 atom stereocenters. The Bertz CT molecular complexity index is 1040. The smallest absolute Gasteiger partial charge is 0.337 e. The first-order chi connectivity index (χ1) is 14.4. The second-order valence-corrected chi connectivity index (χ2v) is 7.25. The van der Waals surface area contributed by atoms with E-state index in [2.05, 4.69) is 5.32 Å². The largest absolute Gasteiger partial charge is 0.459 e. The van der Waals surface area contributed by atoms with Crippen molar-refractivity contribution in [1.29, 1.82) is 0 Å². The topological polar surface area (TPSA) is 72.5 Å². The highest BCUT2D eigenvalue weighted by Gasteiger charge is 2.31. The SMILES string of the molecule is O=C(NC(C(=O)OCc1ccccc1)C(=O)c1ccc(Cl)cc1)c1ccc(Cl)cc1. The van der Waals surface area contributed by atoms with Gasteiger partial charge in [0, 0.05) is 21.2 Å². The molecule has 0 aliphatic heterocycles. The molecule has 1 unspecified atom stereocenters. The van der Waals surface area contributed by atoms with Crippen LogP contribution in [0.5, 0.6) is 0 Å². The zero-order chi connectivity index (χ0) is 21.5. The van der Waals surface area contributed by atoms with Crippen molar-refractivity contribution in [3.05, 3.63) is 106 Å². The number of amides is 1. The Hall–Kier alpha value is -3.15. The predicted octanol–water partition coefficient (Wildman–Crippen LogP) is 4.72. The van der Waals surface area contributed by atoms with Crippen LogP contribution in [0.4, 0.5) is 0 Å². The minimum absolute atomic E-state index is 0.0269. The number of esters is 1. The lowest BCUT2D eigenvalue weighted by Crippen LogP contribution is -2.47. The van der Waals surface area contributed by atoms with Gasteiger partial charge in [-0.25, -0.2) is 4.79 Å². The second kappa shape index (κ2) is 10.1. The highest BCUT2D eigenvalue weighted by atomic mass is 35.5. The molecule has 0 radical (unpaired) electrons. The van der Waals surface area contributed by atoms with Crippen LogP contribution in [0.25, 0.3) is 0 Å². The van der Waals surface area contributed by atoms with Gasteiger partial charge in [-0.1, -0.05) is 53.5 Å². The molecule has 0 saturated heterocycles. The summed E-state index contributed by atoms with van der Waals surface area (Å²) >= 11 is 11.7. The normalized spacial score (nSPS) is 11.4. The number of carbonyl (C=O) groups is 3. The Morgan fingerprint density at radius 1 is 0.767 bits per heavy atom. The van der Waals surface area contributed by atoms with Crippen molar-refractivity contribution in [1.82, 2.24) is 5.32 Å². The summed E-state index contributed by atoms with van der Waals surface area (Å²) in [6.07, 6.45) is 0. The van der Waals surface area contributed by atoms with E-state index in [4.69, 9.17) is 27.9 Å². The molecule has 1 amide bonds. The summed E-state index contributed by atoms with van der Waals surface area (Å²) in [5, 5.41) is 3.37. The van der Waals surface area contributed by atoms with Crippen LogP contribution < -0.4 is 5.32 Å². The molecule has 3 rings (SSSR count). The van der Waals surface area contributed by atoms with Gasteiger partial charge in [-0.05, 0) is 54.1 Å². The van der Waals surface area contributed by atoms with E-state index >= 15 is 0 Å². The zero-order valence-electron chi connectivity index (χ0n) is 15.7. The average molecular weight is 442 g/mol. The summed E-state index contributed by atoms with van der Waals surface area (Å²) in [5.74, 6) is -2.07. The number of ether oxygens (including phenoxy) is 1. The van der Waals surface area contributed by atoms with Crippen molar-refractivity contribution in [3.63, 3.8) is 0 Å². The molecule has 0 aromatic heterocycles. The van der Waals surface area contributed by atoms with Crippen molar-refractivity contribution < 1.29 is 19.1 Å². The molecule has 0 heterocycles. The maximum Gasteiger partial charge on any atom is 0.337 e. The van der Waals surface area contributed by atoms with Crippen LogP contribution >= 0.6 is 23.2 Å². The number of hydrogen-bond acceptors (Lipinski definition) is 4. The summed E-state index contributed by atoms with van der Waals surface area (Å²) in [6, 6.07) is 19.6. The van der Waals surface area contributed by atoms with Gasteiger partial charge in [0.05, 0.1) is 0 Å². The first kappa shape index (κ1) is 21.6. The number of halogens is 2. The summed E-state index contributed by atoms with van der Waals surface area (Å²) in [5.41, 5.74) is 1.23. The Balaban J connectivity index is 1.80. The molecule has 5 nitrogen and oxygen atoms in total. The lowest BCUT2D eigenvalue weighted by molar-refractivity contribution is -0.145.